The Hall–Kier alpha value is -1.30. The van der Waals surface area contributed by atoms with Gasteiger partial charge >= 0.3 is 6.09 Å². The molecule has 0 bridgehead atoms. The number of hydrogen-bond acceptors (Lipinski definition) is 5. The van der Waals surface area contributed by atoms with Gasteiger partial charge in [-0.1, -0.05) is 5.16 Å². The summed E-state index contributed by atoms with van der Waals surface area (Å²) in [4.78, 5) is 18.0. The van der Waals surface area contributed by atoms with Crippen molar-refractivity contribution in [2.75, 3.05) is 13.1 Å². The number of alkyl halides is 1. The van der Waals surface area contributed by atoms with Gasteiger partial charge in [-0.2, -0.15) is 4.98 Å². The van der Waals surface area contributed by atoms with Gasteiger partial charge in [-0.15, -0.1) is 11.6 Å². The van der Waals surface area contributed by atoms with E-state index in [0.29, 0.717) is 36.7 Å². The highest BCUT2D eigenvalue weighted by atomic mass is 35.5. The molecule has 0 spiro atoms. The molecule has 0 radical (unpaired) electrons. The zero-order chi connectivity index (χ0) is 14.5. The third-order valence-electron chi connectivity index (χ3n) is 3.74. The fraction of sp³-hybridized carbons (Fsp3) is 0.769. The lowest BCUT2D eigenvalue weighted by Gasteiger charge is -2.25. The van der Waals surface area contributed by atoms with Gasteiger partial charge in [-0.05, 0) is 32.6 Å². The lowest BCUT2D eigenvalue weighted by atomic mass is 10.2. The number of fused-ring (bicyclic) bond motifs is 1. The van der Waals surface area contributed by atoms with Crippen LogP contribution in [-0.4, -0.2) is 39.8 Å². The van der Waals surface area contributed by atoms with Crippen LogP contribution < -0.4 is 0 Å². The second-order valence-electron chi connectivity index (χ2n) is 6.42. The molecule has 110 valence electrons. The second-order valence-corrected chi connectivity index (χ2v) is 6.69. The van der Waals surface area contributed by atoms with E-state index in [-0.39, 0.29) is 12.0 Å². The van der Waals surface area contributed by atoms with Gasteiger partial charge in [0.25, 0.3) is 0 Å². The third-order valence-corrected chi connectivity index (χ3v) is 3.97. The van der Waals surface area contributed by atoms with Gasteiger partial charge in [-0.3, -0.25) is 0 Å². The summed E-state index contributed by atoms with van der Waals surface area (Å²) < 4.78 is 10.4. The normalized spacial score (nSPS) is 28.4. The lowest BCUT2D eigenvalue weighted by Crippen LogP contribution is -2.36. The van der Waals surface area contributed by atoms with Crippen molar-refractivity contribution in [2.24, 2.45) is 11.8 Å². The molecule has 2 atom stereocenters. The maximum atomic E-state index is 12.0. The first-order valence-electron chi connectivity index (χ1n) is 6.75. The molecule has 20 heavy (non-hydrogen) atoms. The number of piperidine rings is 1. The summed E-state index contributed by atoms with van der Waals surface area (Å²) in [7, 11) is 0. The van der Waals surface area contributed by atoms with Crippen LogP contribution in [0.1, 0.15) is 38.4 Å². The highest BCUT2D eigenvalue weighted by Crippen LogP contribution is 2.57. The van der Waals surface area contributed by atoms with E-state index in [1.807, 2.05) is 20.8 Å². The number of halogens is 1. The van der Waals surface area contributed by atoms with Crippen LogP contribution in [0.2, 0.25) is 0 Å². The molecule has 1 saturated heterocycles. The Morgan fingerprint density at radius 3 is 2.60 bits per heavy atom. The molecule has 7 heteroatoms. The highest BCUT2D eigenvalue weighted by Gasteiger charge is 2.59. The number of aromatic nitrogens is 2. The smallest absolute Gasteiger partial charge is 0.410 e. The lowest BCUT2D eigenvalue weighted by molar-refractivity contribution is 0.0270. The van der Waals surface area contributed by atoms with Crippen molar-refractivity contribution in [3.63, 3.8) is 0 Å². The number of nitrogens with zero attached hydrogens (tertiary/aromatic N) is 3. The molecule has 0 aromatic carbocycles. The summed E-state index contributed by atoms with van der Waals surface area (Å²) >= 11 is 5.65. The molecule has 6 nitrogen and oxygen atoms in total. The summed E-state index contributed by atoms with van der Waals surface area (Å²) in [5.74, 6) is 2.55. The molecule has 2 heterocycles. The first-order chi connectivity index (χ1) is 9.39. The molecule has 1 aromatic rings. The van der Waals surface area contributed by atoms with Crippen LogP contribution in [0, 0.1) is 11.8 Å². The number of ether oxygens (including phenoxy) is 1. The number of rotatable bonds is 2. The van der Waals surface area contributed by atoms with Crippen molar-refractivity contribution in [3.05, 3.63) is 11.7 Å². The maximum absolute atomic E-state index is 12.0. The van der Waals surface area contributed by atoms with Crippen LogP contribution in [0.25, 0.3) is 0 Å². The summed E-state index contributed by atoms with van der Waals surface area (Å²) in [6, 6.07) is 0. The molecule has 2 unspecified atom stereocenters. The van der Waals surface area contributed by atoms with E-state index in [2.05, 4.69) is 10.1 Å². The Morgan fingerprint density at radius 2 is 2.10 bits per heavy atom. The summed E-state index contributed by atoms with van der Waals surface area (Å²) in [5.41, 5.74) is -0.452. The Labute approximate surface area is 122 Å². The van der Waals surface area contributed by atoms with Crippen molar-refractivity contribution < 1.29 is 14.1 Å². The van der Waals surface area contributed by atoms with Crippen molar-refractivity contribution in [1.29, 1.82) is 0 Å². The minimum absolute atomic E-state index is 0.235. The Balaban J connectivity index is 1.56. The van der Waals surface area contributed by atoms with Crippen LogP contribution in [0.5, 0.6) is 0 Å². The van der Waals surface area contributed by atoms with E-state index in [1.54, 1.807) is 4.90 Å². The number of amides is 1. The largest absolute Gasteiger partial charge is 0.444 e. The van der Waals surface area contributed by atoms with Gasteiger partial charge in [0.2, 0.25) is 5.89 Å². The van der Waals surface area contributed by atoms with E-state index in [9.17, 15) is 4.79 Å². The molecular weight excluding hydrogens is 282 g/mol. The van der Waals surface area contributed by atoms with Gasteiger partial charge in [0.15, 0.2) is 5.82 Å². The number of carbonyl (C=O) groups excluding carboxylic acids is 1. The molecule has 3 rings (SSSR count). The van der Waals surface area contributed by atoms with Crippen molar-refractivity contribution in [2.45, 2.75) is 38.2 Å². The number of carbonyl (C=O) groups is 1. The van der Waals surface area contributed by atoms with Gasteiger partial charge in [0, 0.05) is 19.0 Å². The minimum Gasteiger partial charge on any atom is -0.444 e. The monoisotopic (exact) mass is 299 g/mol. The fourth-order valence-corrected chi connectivity index (χ4v) is 2.95. The van der Waals surface area contributed by atoms with Crippen LogP contribution >= 0.6 is 11.6 Å². The number of likely N-dealkylation sites (tertiary alicyclic amines) is 1. The topological polar surface area (TPSA) is 68.5 Å². The van der Waals surface area contributed by atoms with Gasteiger partial charge < -0.3 is 14.2 Å². The second kappa shape index (κ2) is 4.62. The predicted molar refractivity (Wildman–Crippen MR) is 71.4 cm³/mol. The molecular formula is C13H18ClN3O3. The van der Waals surface area contributed by atoms with Crippen LogP contribution in [-0.2, 0) is 10.6 Å². The van der Waals surface area contributed by atoms with E-state index < -0.39 is 5.60 Å². The van der Waals surface area contributed by atoms with E-state index >= 15 is 0 Å². The quantitative estimate of drug-likeness (QED) is 0.784. The Kier molecular flexibility index (Phi) is 3.16. The average molecular weight is 300 g/mol. The zero-order valence-electron chi connectivity index (χ0n) is 11.8. The molecule has 1 saturated carbocycles. The molecule has 1 aliphatic carbocycles. The van der Waals surface area contributed by atoms with Gasteiger partial charge in [0.1, 0.15) is 11.5 Å². The SMILES string of the molecule is CC(C)(C)OC(=O)N1CC2C(C1)C2c1noc(CCl)n1. The van der Waals surface area contributed by atoms with E-state index in [1.165, 1.54) is 0 Å². The molecule has 0 N–H and O–H groups in total. The summed E-state index contributed by atoms with van der Waals surface area (Å²) in [6.07, 6.45) is -0.238. The fourth-order valence-electron chi connectivity index (χ4n) is 2.84. The minimum atomic E-state index is -0.452. The first-order valence-corrected chi connectivity index (χ1v) is 7.29. The van der Waals surface area contributed by atoms with Crippen LogP contribution in [0.15, 0.2) is 4.52 Å². The molecule has 2 aliphatic rings. The van der Waals surface area contributed by atoms with Gasteiger partial charge in [-0.25, -0.2) is 4.79 Å². The van der Waals surface area contributed by atoms with Crippen LogP contribution in [0.4, 0.5) is 4.79 Å². The van der Waals surface area contributed by atoms with Crippen LogP contribution in [0.3, 0.4) is 0 Å². The average Bonchev–Trinajstić information content (AvgIpc) is 2.80. The molecule has 1 aliphatic heterocycles. The van der Waals surface area contributed by atoms with E-state index in [4.69, 9.17) is 20.9 Å². The summed E-state index contributed by atoms with van der Waals surface area (Å²) in [6.45, 7) is 7.02. The third kappa shape index (κ3) is 2.49. The van der Waals surface area contributed by atoms with Gasteiger partial charge in [0.05, 0.1) is 0 Å². The zero-order valence-corrected chi connectivity index (χ0v) is 12.6. The highest BCUT2D eigenvalue weighted by molar-refractivity contribution is 6.16. The van der Waals surface area contributed by atoms with Crippen molar-refractivity contribution >= 4 is 17.7 Å². The maximum Gasteiger partial charge on any atom is 0.410 e. The summed E-state index contributed by atoms with van der Waals surface area (Å²) in [5, 5.41) is 3.96. The molecule has 2 fully saturated rings. The Morgan fingerprint density at radius 1 is 1.45 bits per heavy atom. The standard InChI is InChI=1S/C13H18ClN3O3/c1-13(2,3)19-12(18)17-5-7-8(6-17)10(7)11-15-9(4-14)20-16-11/h7-8,10H,4-6H2,1-3H3. The molecule has 1 amide bonds. The van der Waals surface area contributed by atoms with Crippen molar-refractivity contribution in [3.8, 4) is 0 Å². The predicted octanol–water partition coefficient (Wildman–Crippen LogP) is 2.39. The molecule has 1 aromatic heterocycles. The first kappa shape index (κ1) is 13.7. The number of hydrogen-bond donors (Lipinski definition) is 0. The van der Waals surface area contributed by atoms with Crippen molar-refractivity contribution in [1.82, 2.24) is 15.0 Å². The Bertz CT molecular complexity index is 513. The van der Waals surface area contributed by atoms with E-state index in [0.717, 1.165) is 5.82 Å².